The van der Waals surface area contributed by atoms with Gasteiger partial charge in [-0.05, 0) is 42.5 Å². The highest BCUT2D eigenvalue weighted by molar-refractivity contribution is 5.88. The van der Waals surface area contributed by atoms with Crippen LogP contribution in [0.1, 0.15) is 28.9 Å². The zero-order chi connectivity index (χ0) is 23.3. The van der Waals surface area contributed by atoms with Gasteiger partial charge in [0.15, 0.2) is 5.65 Å². The van der Waals surface area contributed by atoms with Crippen molar-refractivity contribution in [2.24, 2.45) is 0 Å². The molecule has 5 rings (SSSR count). The van der Waals surface area contributed by atoms with Crippen molar-refractivity contribution in [3.63, 3.8) is 0 Å². The van der Waals surface area contributed by atoms with Crippen molar-refractivity contribution < 1.29 is 8.78 Å². The smallest absolute Gasteiger partial charge is 0.282 e. The number of nitrogens with two attached hydrogens (primary N) is 1. The van der Waals surface area contributed by atoms with E-state index in [-0.39, 0.29) is 29.0 Å². The van der Waals surface area contributed by atoms with Crippen molar-refractivity contribution in [1.29, 1.82) is 0 Å². The Hall–Kier alpha value is -4.14. The molecule has 0 aliphatic heterocycles. The molecule has 3 aromatic heterocycles. The Balaban J connectivity index is 1.81. The standard InChI is InChI=1S/C24H20F2N6O/c1-13-6-3-4-9-17(13)32-16(10-15-8-5-7-14(2)18(15)24(32)33)11-31-23-19(20(30-31)21(25)26)22(27)28-12-29-23/h3-10,12,21H,11H2,1-2H3,(H2,27,28,29). The predicted octanol–water partition coefficient (Wildman–Crippen LogP) is 4.32. The largest absolute Gasteiger partial charge is 0.383 e. The number of benzene rings is 2. The lowest BCUT2D eigenvalue weighted by Gasteiger charge is -2.17. The Bertz CT molecular complexity index is 1590. The van der Waals surface area contributed by atoms with Gasteiger partial charge in [0, 0.05) is 5.69 Å². The summed E-state index contributed by atoms with van der Waals surface area (Å²) in [4.78, 5) is 21.7. The highest BCUT2D eigenvalue weighted by Gasteiger charge is 2.23. The highest BCUT2D eigenvalue weighted by atomic mass is 19.3. The Morgan fingerprint density at radius 2 is 1.76 bits per heavy atom. The first-order valence-electron chi connectivity index (χ1n) is 10.3. The lowest BCUT2D eigenvalue weighted by molar-refractivity contribution is 0.146. The first-order chi connectivity index (χ1) is 15.9. The van der Waals surface area contributed by atoms with E-state index in [9.17, 15) is 13.6 Å². The van der Waals surface area contributed by atoms with Crippen LogP contribution in [0.15, 0.2) is 59.7 Å². The Morgan fingerprint density at radius 3 is 2.52 bits per heavy atom. The average molecular weight is 446 g/mol. The topological polar surface area (TPSA) is 91.6 Å². The monoisotopic (exact) mass is 446 g/mol. The summed E-state index contributed by atoms with van der Waals surface area (Å²) in [5, 5.41) is 5.49. The van der Waals surface area contributed by atoms with Crippen LogP contribution < -0.4 is 11.3 Å². The molecule has 0 spiro atoms. The van der Waals surface area contributed by atoms with Crippen LogP contribution in [0.5, 0.6) is 0 Å². The van der Waals surface area contributed by atoms with Crippen LogP contribution in [0, 0.1) is 13.8 Å². The van der Waals surface area contributed by atoms with Crippen LogP contribution in [-0.2, 0) is 6.54 Å². The van der Waals surface area contributed by atoms with Crippen molar-refractivity contribution in [2.75, 3.05) is 5.73 Å². The van der Waals surface area contributed by atoms with Crippen LogP contribution in [0.3, 0.4) is 0 Å². The second-order valence-electron chi connectivity index (χ2n) is 7.90. The summed E-state index contributed by atoms with van der Waals surface area (Å²) in [5.41, 5.74) is 8.43. The maximum atomic E-state index is 13.7. The number of alkyl halides is 2. The molecule has 0 amide bonds. The van der Waals surface area contributed by atoms with Crippen molar-refractivity contribution in [3.8, 4) is 5.69 Å². The van der Waals surface area contributed by atoms with Gasteiger partial charge in [-0.1, -0.05) is 36.4 Å². The van der Waals surface area contributed by atoms with Gasteiger partial charge in [-0.2, -0.15) is 5.10 Å². The molecule has 166 valence electrons. The summed E-state index contributed by atoms with van der Waals surface area (Å²) >= 11 is 0. The molecular weight excluding hydrogens is 426 g/mol. The highest BCUT2D eigenvalue weighted by Crippen LogP contribution is 2.30. The van der Waals surface area contributed by atoms with E-state index in [1.54, 1.807) is 4.57 Å². The fraction of sp³-hybridized carbons (Fsp3) is 0.167. The number of rotatable bonds is 4. The van der Waals surface area contributed by atoms with E-state index in [4.69, 9.17) is 5.73 Å². The van der Waals surface area contributed by atoms with Gasteiger partial charge in [0.05, 0.1) is 23.0 Å². The first kappa shape index (κ1) is 20.7. The van der Waals surface area contributed by atoms with Gasteiger partial charge < -0.3 is 5.73 Å². The van der Waals surface area contributed by atoms with Gasteiger partial charge in [0.1, 0.15) is 17.8 Å². The zero-order valence-electron chi connectivity index (χ0n) is 18.0. The SMILES string of the molecule is Cc1ccccc1-n1c(Cn2nc(C(F)F)c3c(N)ncnc32)cc2cccc(C)c2c1=O. The molecule has 2 aromatic carbocycles. The molecule has 0 saturated carbocycles. The number of para-hydroxylation sites is 1. The van der Waals surface area contributed by atoms with Crippen LogP contribution in [-0.4, -0.2) is 24.3 Å². The van der Waals surface area contributed by atoms with Crippen LogP contribution in [0.25, 0.3) is 27.5 Å². The number of hydrogen-bond acceptors (Lipinski definition) is 5. The quantitative estimate of drug-likeness (QED) is 0.444. The van der Waals surface area contributed by atoms with Crippen LogP contribution in [0.4, 0.5) is 14.6 Å². The number of aromatic nitrogens is 5. The summed E-state index contributed by atoms with van der Waals surface area (Å²) in [7, 11) is 0. The molecule has 0 aliphatic rings. The van der Waals surface area contributed by atoms with Crippen molar-refractivity contribution in [1.82, 2.24) is 24.3 Å². The first-order valence-corrected chi connectivity index (χ1v) is 10.3. The van der Waals surface area contributed by atoms with Crippen molar-refractivity contribution in [2.45, 2.75) is 26.8 Å². The van der Waals surface area contributed by atoms with Crippen LogP contribution in [0.2, 0.25) is 0 Å². The predicted molar refractivity (Wildman–Crippen MR) is 123 cm³/mol. The summed E-state index contributed by atoms with van der Waals surface area (Å²) in [6.07, 6.45) is -1.64. The van der Waals surface area contributed by atoms with Gasteiger partial charge in [-0.25, -0.2) is 23.4 Å². The molecular formula is C24H20F2N6O. The second-order valence-corrected chi connectivity index (χ2v) is 7.90. The minimum atomic E-state index is -2.85. The molecule has 0 fully saturated rings. The van der Waals surface area contributed by atoms with E-state index >= 15 is 0 Å². The third-order valence-electron chi connectivity index (χ3n) is 5.79. The molecule has 33 heavy (non-hydrogen) atoms. The molecule has 0 unspecified atom stereocenters. The molecule has 0 atom stereocenters. The summed E-state index contributed by atoms with van der Waals surface area (Å²) in [6.45, 7) is 3.84. The zero-order valence-corrected chi connectivity index (χ0v) is 18.0. The Morgan fingerprint density at radius 1 is 1.00 bits per heavy atom. The second kappa shape index (κ2) is 7.77. The van der Waals surface area contributed by atoms with E-state index in [2.05, 4.69) is 15.1 Å². The average Bonchev–Trinajstić information content (AvgIpc) is 3.15. The van der Waals surface area contributed by atoms with E-state index < -0.39 is 12.1 Å². The van der Waals surface area contributed by atoms with Crippen molar-refractivity contribution in [3.05, 3.63) is 87.7 Å². The van der Waals surface area contributed by atoms with Gasteiger partial charge in [0.2, 0.25) is 0 Å². The number of hydrogen-bond donors (Lipinski definition) is 1. The van der Waals surface area contributed by atoms with E-state index in [1.807, 2.05) is 62.4 Å². The number of halogens is 2. The van der Waals surface area contributed by atoms with Crippen LogP contribution >= 0.6 is 0 Å². The van der Waals surface area contributed by atoms with Gasteiger partial charge in [-0.15, -0.1) is 0 Å². The molecule has 5 aromatic rings. The minimum Gasteiger partial charge on any atom is -0.383 e. The van der Waals surface area contributed by atoms with E-state index in [1.165, 1.54) is 11.0 Å². The third-order valence-corrected chi connectivity index (χ3v) is 5.79. The Kier molecular flexibility index (Phi) is 4.88. The fourth-order valence-corrected chi connectivity index (χ4v) is 4.26. The number of fused-ring (bicyclic) bond motifs is 2. The number of nitrogen functional groups attached to an aromatic ring is 1. The molecule has 2 N–H and O–H groups in total. The van der Waals surface area contributed by atoms with Gasteiger partial charge >= 0.3 is 0 Å². The molecule has 0 saturated heterocycles. The molecule has 0 aliphatic carbocycles. The molecule has 9 heteroatoms. The number of nitrogens with zero attached hydrogens (tertiary/aromatic N) is 5. The molecule has 7 nitrogen and oxygen atoms in total. The molecule has 0 radical (unpaired) electrons. The molecule has 0 bridgehead atoms. The van der Waals surface area contributed by atoms with Crippen molar-refractivity contribution >= 4 is 27.6 Å². The molecule has 3 heterocycles. The lowest BCUT2D eigenvalue weighted by atomic mass is 10.1. The maximum absolute atomic E-state index is 13.7. The minimum absolute atomic E-state index is 0.0222. The number of pyridine rings is 1. The third kappa shape index (κ3) is 3.32. The lowest BCUT2D eigenvalue weighted by Crippen LogP contribution is -2.25. The summed E-state index contributed by atoms with van der Waals surface area (Å²) in [5.74, 6) is -0.0630. The van der Waals surface area contributed by atoms with Gasteiger partial charge in [-0.3, -0.25) is 9.36 Å². The van der Waals surface area contributed by atoms with E-state index in [0.29, 0.717) is 16.8 Å². The normalized spacial score (nSPS) is 11.7. The summed E-state index contributed by atoms with van der Waals surface area (Å²) in [6, 6.07) is 15.0. The number of aryl methyl sites for hydroxylation is 2. The summed E-state index contributed by atoms with van der Waals surface area (Å²) < 4.78 is 30.4. The maximum Gasteiger partial charge on any atom is 0.282 e. The van der Waals surface area contributed by atoms with Gasteiger partial charge in [0.25, 0.3) is 12.0 Å². The number of anilines is 1. The fourth-order valence-electron chi connectivity index (χ4n) is 4.26. The van der Waals surface area contributed by atoms with E-state index in [0.717, 1.165) is 16.5 Å². The Labute approximate surface area is 187 Å².